The number of nitrogens with zero attached hydrogens (tertiary/aromatic N) is 4. The fourth-order valence-corrected chi connectivity index (χ4v) is 1.72. The Balaban J connectivity index is 1.79. The van der Waals surface area contributed by atoms with Gasteiger partial charge in [-0.05, 0) is 17.7 Å². The minimum atomic E-state index is 0.457. The van der Waals surface area contributed by atoms with E-state index in [2.05, 4.69) is 15.3 Å². The highest BCUT2D eigenvalue weighted by molar-refractivity contribution is 5.25. The van der Waals surface area contributed by atoms with Crippen LogP contribution < -0.4 is 5.32 Å². The summed E-state index contributed by atoms with van der Waals surface area (Å²) in [6.45, 7) is 1.59. The summed E-state index contributed by atoms with van der Waals surface area (Å²) in [5.74, 6) is 1.06. The Morgan fingerprint density at radius 3 is 3.00 bits per heavy atom. The highest BCUT2D eigenvalue weighted by Gasteiger charge is 1.99. The molecule has 5 heteroatoms. The average Bonchev–Trinajstić information content (AvgIpc) is 2.81. The molecule has 0 saturated heterocycles. The van der Waals surface area contributed by atoms with Crippen molar-refractivity contribution in [3.8, 4) is 6.07 Å². The number of hydrogen-bond donors (Lipinski definition) is 1. The molecule has 2 heterocycles. The van der Waals surface area contributed by atoms with Crippen molar-refractivity contribution >= 4 is 0 Å². The summed E-state index contributed by atoms with van der Waals surface area (Å²) < 4.78 is 2.02. The van der Waals surface area contributed by atoms with Crippen LogP contribution in [0.1, 0.15) is 17.1 Å². The molecule has 0 aliphatic carbocycles. The van der Waals surface area contributed by atoms with E-state index < -0.39 is 0 Å². The van der Waals surface area contributed by atoms with Crippen molar-refractivity contribution in [3.05, 3.63) is 47.8 Å². The van der Waals surface area contributed by atoms with Crippen molar-refractivity contribution in [1.82, 2.24) is 19.9 Å². The van der Waals surface area contributed by atoms with E-state index in [-0.39, 0.29) is 0 Å². The summed E-state index contributed by atoms with van der Waals surface area (Å²) in [7, 11) is 1.99. The molecule has 2 aromatic heterocycles. The second kappa shape index (κ2) is 5.94. The molecule has 0 amide bonds. The molecule has 0 radical (unpaired) electrons. The maximum Gasteiger partial charge on any atom is 0.140 e. The van der Waals surface area contributed by atoms with Crippen LogP contribution in [0.25, 0.3) is 0 Å². The number of aromatic nitrogens is 3. The zero-order valence-electron chi connectivity index (χ0n) is 10.3. The van der Waals surface area contributed by atoms with E-state index in [1.54, 1.807) is 18.5 Å². The van der Waals surface area contributed by atoms with Gasteiger partial charge in [0.25, 0.3) is 0 Å². The predicted octanol–water partition coefficient (Wildman–Crippen LogP) is 1.02. The van der Waals surface area contributed by atoms with Gasteiger partial charge >= 0.3 is 0 Å². The molecule has 0 aromatic carbocycles. The first-order valence-corrected chi connectivity index (χ1v) is 5.81. The van der Waals surface area contributed by atoms with Gasteiger partial charge in [0.1, 0.15) is 17.6 Å². The van der Waals surface area contributed by atoms with E-state index in [1.165, 1.54) is 0 Å². The molecule has 0 fully saturated rings. The van der Waals surface area contributed by atoms with Gasteiger partial charge in [-0.2, -0.15) is 5.26 Å². The fraction of sp³-hybridized carbons (Fsp3) is 0.308. The van der Waals surface area contributed by atoms with Gasteiger partial charge in [-0.25, -0.2) is 9.97 Å². The van der Waals surface area contributed by atoms with Gasteiger partial charge in [-0.1, -0.05) is 0 Å². The minimum Gasteiger partial charge on any atom is -0.338 e. The van der Waals surface area contributed by atoms with Crippen LogP contribution in [0.2, 0.25) is 0 Å². The molecule has 2 aromatic rings. The molecule has 0 aliphatic heterocycles. The number of imidazole rings is 1. The molecular weight excluding hydrogens is 226 g/mol. The third-order valence-electron chi connectivity index (χ3n) is 2.71. The fourth-order valence-electron chi connectivity index (χ4n) is 1.72. The first kappa shape index (κ1) is 12.3. The van der Waals surface area contributed by atoms with Crippen LogP contribution in [0, 0.1) is 11.3 Å². The summed E-state index contributed by atoms with van der Waals surface area (Å²) in [4.78, 5) is 8.19. The van der Waals surface area contributed by atoms with Gasteiger partial charge in [0.05, 0.1) is 0 Å². The highest BCUT2D eigenvalue weighted by Crippen LogP contribution is 2.00. The zero-order chi connectivity index (χ0) is 12.8. The largest absolute Gasteiger partial charge is 0.338 e. The number of rotatable bonds is 5. The van der Waals surface area contributed by atoms with E-state index in [0.717, 1.165) is 30.9 Å². The summed E-state index contributed by atoms with van der Waals surface area (Å²) in [5, 5.41) is 12.1. The molecule has 0 aliphatic rings. The second-order valence-corrected chi connectivity index (χ2v) is 4.04. The van der Waals surface area contributed by atoms with Crippen molar-refractivity contribution in [2.75, 3.05) is 6.54 Å². The molecule has 0 saturated carbocycles. The standard InChI is InChI=1S/C13H15N5/c1-18-7-6-17-13(18)3-4-15-10-11-2-5-16-12(8-11)9-14/h2,5-8,15H,3-4,10H2,1H3. The van der Waals surface area contributed by atoms with Crippen molar-refractivity contribution < 1.29 is 0 Å². The van der Waals surface area contributed by atoms with Gasteiger partial charge < -0.3 is 9.88 Å². The molecule has 18 heavy (non-hydrogen) atoms. The smallest absolute Gasteiger partial charge is 0.140 e. The Kier molecular flexibility index (Phi) is 4.05. The molecule has 1 N–H and O–H groups in total. The Morgan fingerprint density at radius 2 is 2.28 bits per heavy atom. The molecule has 0 bridgehead atoms. The lowest BCUT2D eigenvalue weighted by atomic mass is 10.2. The number of pyridine rings is 1. The summed E-state index contributed by atoms with van der Waals surface area (Å²) in [5.41, 5.74) is 1.53. The van der Waals surface area contributed by atoms with Crippen LogP contribution in [0.5, 0.6) is 0 Å². The minimum absolute atomic E-state index is 0.457. The lowest BCUT2D eigenvalue weighted by Crippen LogP contribution is -2.18. The Hall–Kier alpha value is -2.19. The molecule has 0 spiro atoms. The van der Waals surface area contributed by atoms with E-state index in [0.29, 0.717) is 5.69 Å². The van der Waals surface area contributed by atoms with Gasteiger partial charge in [0.15, 0.2) is 0 Å². The summed E-state index contributed by atoms with van der Waals surface area (Å²) in [6.07, 6.45) is 6.29. The number of aryl methyl sites for hydroxylation is 1. The van der Waals surface area contributed by atoms with Crippen molar-refractivity contribution in [1.29, 1.82) is 5.26 Å². The summed E-state index contributed by atoms with van der Waals surface area (Å²) in [6, 6.07) is 5.75. The zero-order valence-corrected chi connectivity index (χ0v) is 10.3. The van der Waals surface area contributed by atoms with Crippen LogP contribution >= 0.6 is 0 Å². The first-order chi connectivity index (χ1) is 8.79. The van der Waals surface area contributed by atoms with Crippen LogP contribution in [0.4, 0.5) is 0 Å². The maximum atomic E-state index is 8.75. The molecule has 0 atom stereocenters. The molecule has 5 nitrogen and oxygen atoms in total. The van der Waals surface area contributed by atoms with Crippen molar-refractivity contribution in [2.45, 2.75) is 13.0 Å². The first-order valence-electron chi connectivity index (χ1n) is 5.81. The predicted molar refractivity (Wildman–Crippen MR) is 67.6 cm³/mol. The SMILES string of the molecule is Cn1ccnc1CCNCc1ccnc(C#N)c1. The van der Waals surface area contributed by atoms with Crippen LogP contribution in [0.15, 0.2) is 30.7 Å². The number of hydrogen-bond acceptors (Lipinski definition) is 4. The normalized spacial score (nSPS) is 10.2. The second-order valence-electron chi connectivity index (χ2n) is 4.04. The molecule has 92 valence electrons. The van der Waals surface area contributed by atoms with Crippen LogP contribution in [-0.4, -0.2) is 21.1 Å². The monoisotopic (exact) mass is 241 g/mol. The number of nitrogens with one attached hydrogen (secondary N) is 1. The van der Waals surface area contributed by atoms with Crippen LogP contribution in [0.3, 0.4) is 0 Å². The topological polar surface area (TPSA) is 66.5 Å². The quantitative estimate of drug-likeness (QED) is 0.794. The Bertz CT molecular complexity index is 553. The van der Waals surface area contributed by atoms with E-state index in [1.807, 2.05) is 29.9 Å². The Morgan fingerprint density at radius 1 is 1.39 bits per heavy atom. The third kappa shape index (κ3) is 3.15. The molecule has 2 rings (SSSR count). The van der Waals surface area contributed by atoms with Crippen molar-refractivity contribution in [2.24, 2.45) is 7.05 Å². The molecular formula is C13H15N5. The van der Waals surface area contributed by atoms with Gasteiger partial charge in [0.2, 0.25) is 0 Å². The number of nitriles is 1. The van der Waals surface area contributed by atoms with E-state index >= 15 is 0 Å². The highest BCUT2D eigenvalue weighted by atomic mass is 15.0. The molecule has 0 unspecified atom stereocenters. The Labute approximate surface area is 106 Å². The van der Waals surface area contributed by atoms with E-state index in [4.69, 9.17) is 5.26 Å². The van der Waals surface area contributed by atoms with Gasteiger partial charge in [0, 0.05) is 45.1 Å². The van der Waals surface area contributed by atoms with Crippen molar-refractivity contribution in [3.63, 3.8) is 0 Å². The maximum absolute atomic E-state index is 8.75. The van der Waals surface area contributed by atoms with Gasteiger partial charge in [-0.3, -0.25) is 0 Å². The lowest BCUT2D eigenvalue weighted by Gasteiger charge is -2.05. The average molecular weight is 241 g/mol. The lowest BCUT2D eigenvalue weighted by molar-refractivity contribution is 0.654. The third-order valence-corrected chi connectivity index (χ3v) is 2.71. The van der Waals surface area contributed by atoms with E-state index in [9.17, 15) is 0 Å². The van der Waals surface area contributed by atoms with Gasteiger partial charge in [-0.15, -0.1) is 0 Å². The summed E-state index contributed by atoms with van der Waals surface area (Å²) >= 11 is 0. The van der Waals surface area contributed by atoms with Crippen LogP contribution in [-0.2, 0) is 20.0 Å².